The van der Waals surface area contributed by atoms with Gasteiger partial charge < -0.3 is 9.64 Å². The Morgan fingerprint density at radius 3 is 2.76 bits per heavy atom. The first-order valence-electron chi connectivity index (χ1n) is 6.61. The molecule has 1 amide bonds. The average Bonchev–Trinajstić information content (AvgIpc) is 2.92. The first kappa shape index (κ1) is 14.9. The molecule has 1 aromatic carbocycles. The molecule has 0 spiro atoms. The molecule has 0 unspecified atom stereocenters. The van der Waals surface area contributed by atoms with E-state index in [1.54, 1.807) is 0 Å². The van der Waals surface area contributed by atoms with E-state index in [-0.39, 0.29) is 24.9 Å². The highest BCUT2D eigenvalue weighted by Gasteiger charge is 2.39. The minimum absolute atomic E-state index is 0.174. The molecule has 2 rings (SSSR count). The first-order valence-corrected chi connectivity index (χ1v) is 6.61. The summed E-state index contributed by atoms with van der Waals surface area (Å²) in [6.45, 7) is 0.246. The van der Waals surface area contributed by atoms with Crippen molar-refractivity contribution in [2.75, 3.05) is 13.7 Å². The van der Waals surface area contributed by atoms with Gasteiger partial charge in [-0.1, -0.05) is 35.4 Å². The van der Waals surface area contributed by atoms with Crippen LogP contribution < -0.4 is 0 Å². The average molecular weight is 288 g/mol. The lowest BCUT2D eigenvalue weighted by Crippen LogP contribution is -2.42. The minimum atomic E-state index is -0.679. The third kappa shape index (κ3) is 3.52. The maximum absolute atomic E-state index is 12.4. The van der Waals surface area contributed by atoms with Gasteiger partial charge in [0, 0.05) is 11.5 Å². The zero-order valence-electron chi connectivity index (χ0n) is 11.7. The van der Waals surface area contributed by atoms with Crippen molar-refractivity contribution in [1.29, 1.82) is 0 Å². The number of rotatable bonds is 4. The number of methoxy groups -OCH3 is 1. The van der Waals surface area contributed by atoms with Gasteiger partial charge in [0.2, 0.25) is 5.91 Å². The molecule has 1 aromatic rings. The molecule has 0 aromatic heterocycles. The van der Waals surface area contributed by atoms with Crippen LogP contribution in [0.2, 0.25) is 0 Å². The summed E-state index contributed by atoms with van der Waals surface area (Å²) in [4.78, 5) is 28.4. The second-order valence-electron chi connectivity index (χ2n) is 4.84. The Hall–Kier alpha value is -2.53. The summed E-state index contributed by atoms with van der Waals surface area (Å²) in [6.07, 6.45) is 0.509. The Kier molecular flexibility index (Phi) is 4.79. The van der Waals surface area contributed by atoms with Crippen molar-refractivity contribution < 1.29 is 14.3 Å². The standard InChI is InChI=1S/C14H16N4O3/c1-21-14(20)12-8-11(16-17-15)9-18(12)13(19)7-10-5-3-2-4-6-10/h2-6,11-12H,7-9H2,1H3/t11-,12-/m0/s1. The van der Waals surface area contributed by atoms with E-state index < -0.39 is 12.0 Å². The molecule has 1 fully saturated rings. The van der Waals surface area contributed by atoms with Crippen LogP contribution in [0.15, 0.2) is 35.4 Å². The summed E-state index contributed by atoms with van der Waals surface area (Å²) in [7, 11) is 1.28. The van der Waals surface area contributed by atoms with E-state index in [0.29, 0.717) is 6.42 Å². The fourth-order valence-corrected chi connectivity index (χ4v) is 2.48. The maximum Gasteiger partial charge on any atom is 0.328 e. The van der Waals surface area contributed by atoms with Crippen LogP contribution in [-0.2, 0) is 20.7 Å². The van der Waals surface area contributed by atoms with E-state index in [4.69, 9.17) is 10.3 Å². The van der Waals surface area contributed by atoms with E-state index in [9.17, 15) is 9.59 Å². The molecule has 1 aliphatic rings. The molecule has 1 aliphatic heterocycles. The number of likely N-dealkylation sites (tertiary alicyclic amines) is 1. The normalized spacial score (nSPS) is 20.7. The number of nitrogens with zero attached hydrogens (tertiary/aromatic N) is 4. The molecule has 0 N–H and O–H groups in total. The molecule has 7 heteroatoms. The van der Waals surface area contributed by atoms with Crippen LogP contribution in [-0.4, -0.2) is 42.5 Å². The Bertz CT molecular complexity index is 569. The van der Waals surface area contributed by atoms with Gasteiger partial charge in [-0.2, -0.15) is 0 Å². The molecule has 2 atom stereocenters. The highest BCUT2D eigenvalue weighted by molar-refractivity contribution is 5.86. The molecule has 7 nitrogen and oxygen atoms in total. The van der Waals surface area contributed by atoms with Gasteiger partial charge in [0.1, 0.15) is 6.04 Å². The molecule has 0 radical (unpaired) electrons. The Morgan fingerprint density at radius 1 is 1.43 bits per heavy atom. The summed E-state index contributed by atoms with van der Waals surface area (Å²) < 4.78 is 4.72. The molecular weight excluding hydrogens is 272 g/mol. The summed E-state index contributed by atoms with van der Waals surface area (Å²) in [5.74, 6) is -0.653. The predicted molar refractivity (Wildman–Crippen MR) is 75.2 cm³/mol. The first-order chi connectivity index (χ1) is 10.2. The van der Waals surface area contributed by atoms with Gasteiger partial charge in [-0.25, -0.2) is 4.79 Å². The number of hydrogen-bond donors (Lipinski definition) is 0. The van der Waals surface area contributed by atoms with Crippen LogP contribution in [0, 0.1) is 0 Å². The molecule has 0 aliphatic carbocycles. The Morgan fingerprint density at radius 2 is 2.14 bits per heavy atom. The van der Waals surface area contributed by atoms with Crippen molar-refractivity contribution in [2.45, 2.75) is 24.9 Å². The SMILES string of the molecule is COC(=O)[C@@H]1C[C@H](N=[N+]=[N-])CN1C(=O)Cc1ccccc1. The lowest BCUT2D eigenvalue weighted by molar-refractivity contribution is -0.150. The minimum Gasteiger partial charge on any atom is -0.467 e. The van der Waals surface area contributed by atoms with Crippen molar-refractivity contribution in [3.8, 4) is 0 Å². The van der Waals surface area contributed by atoms with E-state index >= 15 is 0 Å². The Balaban J connectivity index is 2.12. The lowest BCUT2D eigenvalue weighted by atomic mass is 10.1. The number of carbonyl (C=O) groups excluding carboxylic acids is 2. The van der Waals surface area contributed by atoms with E-state index in [2.05, 4.69) is 10.0 Å². The van der Waals surface area contributed by atoms with Crippen LogP contribution in [0.3, 0.4) is 0 Å². The van der Waals surface area contributed by atoms with Crippen molar-refractivity contribution in [2.24, 2.45) is 5.11 Å². The molecule has 1 saturated heterocycles. The van der Waals surface area contributed by atoms with Crippen molar-refractivity contribution >= 4 is 11.9 Å². The van der Waals surface area contributed by atoms with Gasteiger partial charge in [0.25, 0.3) is 0 Å². The Labute approximate surface area is 122 Å². The number of esters is 1. The summed E-state index contributed by atoms with van der Waals surface area (Å²) >= 11 is 0. The molecule has 0 saturated carbocycles. The van der Waals surface area contributed by atoms with Gasteiger partial charge in [-0.05, 0) is 17.5 Å². The van der Waals surface area contributed by atoms with Gasteiger partial charge in [0.05, 0.1) is 19.6 Å². The van der Waals surface area contributed by atoms with Crippen LogP contribution in [0.1, 0.15) is 12.0 Å². The highest BCUT2D eigenvalue weighted by atomic mass is 16.5. The number of ether oxygens (including phenoxy) is 1. The molecule has 110 valence electrons. The fourth-order valence-electron chi connectivity index (χ4n) is 2.48. The topological polar surface area (TPSA) is 95.4 Å². The maximum atomic E-state index is 12.4. The van der Waals surface area contributed by atoms with Crippen molar-refractivity contribution in [3.63, 3.8) is 0 Å². The number of amides is 1. The predicted octanol–water partition coefficient (Wildman–Crippen LogP) is 1.68. The quantitative estimate of drug-likeness (QED) is 0.365. The second-order valence-corrected chi connectivity index (χ2v) is 4.84. The van der Waals surface area contributed by atoms with Gasteiger partial charge in [0.15, 0.2) is 0 Å². The van der Waals surface area contributed by atoms with E-state index in [0.717, 1.165) is 5.56 Å². The largest absolute Gasteiger partial charge is 0.467 e. The third-order valence-corrected chi connectivity index (χ3v) is 3.49. The van der Waals surface area contributed by atoms with Crippen molar-refractivity contribution in [1.82, 2.24) is 4.90 Å². The zero-order chi connectivity index (χ0) is 15.2. The summed E-state index contributed by atoms with van der Waals surface area (Å²) in [5, 5.41) is 3.61. The van der Waals surface area contributed by atoms with Crippen molar-refractivity contribution in [3.05, 3.63) is 46.3 Å². The number of azide groups is 1. The molecule has 21 heavy (non-hydrogen) atoms. The number of carbonyl (C=O) groups is 2. The van der Waals surface area contributed by atoms with E-state index in [1.165, 1.54) is 12.0 Å². The number of hydrogen-bond acceptors (Lipinski definition) is 4. The summed E-state index contributed by atoms with van der Waals surface area (Å²) in [6, 6.07) is 8.22. The lowest BCUT2D eigenvalue weighted by Gasteiger charge is -2.22. The second kappa shape index (κ2) is 6.76. The van der Waals surface area contributed by atoms with Gasteiger partial charge in [-0.15, -0.1) is 0 Å². The van der Waals surface area contributed by atoms with Gasteiger partial charge >= 0.3 is 5.97 Å². The van der Waals surface area contributed by atoms with Crippen LogP contribution in [0.25, 0.3) is 10.4 Å². The van der Waals surface area contributed by atoms with Crippen LogP contribution >= 0.6 is 0 Å². The zero-order valence-corrected chi connectivity index (χ0v) is 11.7. The fraction of sp³-hybridized carbons (Fsp3) is 0.429. The van der Waals surface area contributed by atoms with Crippen LogP contribution in [0.5, 0.6) is 0 Å². The highest BCUT2D eigenvalue weighted by Crippen LogP contribution is 2.22. The number of benzene rings is 1. The van der Waals surface area contributed by atoms with Crippen LogP contribution in [0.4, 0.5) is 0 Å². The molecule has 0 bridgehead atoms. The van der Waals surface area contributed by atoms with Gasteiger partial charge in [-0.3, -0.25) is 4.79 Å². The molecular formula is C14H16N4O3. The summed E-state index contributed by atoms with van der Waals surface area (Å²) in [5.41, 5.74) is 9.38. The third-order valence-electron chi connectivity index (χ3n) is 3.49. The monoisotopic (exact) mass is 288 g/mol. The smallest absolute Gasteiger partial charge is 0.328 e. The molecule has 1 heterocycles. The van der Waals surface area contributed by atoms with E-state index in [1.807, 2.05) is 30.3 Å².